The summed E-state index contributed by atoms with van der Waals surface area (Å²) >= 11 is 7.06. The molecule has 0 atom stereocenters. The van der Waals surface area contributed by atoms with E-state index in [-0.39, 0.29) is 23.0 Å². The molecule has 1 saturated heterocycles. The predicted octanol–water partition coefficient (Wildman–Crippen LogP) is 2.81. The van der Waals surface area contributed by atoms with Crippen LogP contribution < -0.4 is 15.0 Å². The lowest BCUT2D eigenvalue weighted by Gasteiger charge is -2.29. The molecule has 154 valence electrons. The summed E-state index contributed by atoms with van der Waals surface area (Å²) in [5, 5.41) is 2.21. The fourth-order valence-electron chi connectivity index (χ4n) is 2.60. The lowest BCUT2D eigenvalue weighted by atomic mass is 10.1. The number of amides is 2. The van der Waals surface area contributed by atoms with Crippen molar-refractivity contribution < 1.29 is 28.2 Å². The molecule has 0 bridgehead atoms. The summed E-state index contributed by atoms with van der Waals surface area (Å²) in [4.78, 5) is 37.4. The first-order valence-electron chi connectivity index (χ1n) is 8.47. The Morgan fingerprint density at radius 2 is 2.00 bits per heavy atom. The molecule has 0 aromatic heterocycles. The lowest BCUT2D eigenvalue weighted by molar-refractivity contribution is -0.143. The van der Waals surface area contributed by atoms with E-state index in [2.05, 4.69) is 10.1 Å². The molecule has 3 rings (SSSR count). The first-order valence-corrected chi connectivity index (χ1v) is 9.95. The Balaban J connectivity index is 1.90. The van der Waals surface area contributed by atoms with E-state index in [0.717, 1.165) is 4.90 Å². The van der Waals surface area contributed by atoms with Crippen molar-refractivity contribution in [1.82, 2.24) is 5.32 Å². The summed E-state index contributed by atoms with van der Waals surface area (Å²) in [5.74, 6) is -2.15. The van der Waals surface area contributed by atoms with E-state index in [9.17, 15) is 18.8 Å². The van der Waals surface area contributed by atoms with Crippen LogP contribution in [0.4, 0.5) is 10.1 Å². The predicted molar refractivity (Wildman–Crippen MR) is 119 cm³/mol. The highest BCUT2D eigenvalue weighted by Crippen LogP contribution is 2.26. The van der Waals surface area contributed by atoms with Gasteiger partial charge in [-0.2, -0.15) is 0 Å². The third-order valence-corrected chi connectivity index (χ3v) is 5.16. The number of para-hydroxylation sites is 1. The third-order valence-electron chi connectivity index (χ3n) is 4.04. The molecule has 1 aliphatic rings. The van der Waals surface area contributed by atoms with Crippen LogP contribution in [0.3, 0.4) is 0 Å². The second-order valence-corrected chi connectivity index (χ2v) is 7.51. The van der Waals surface area contributed by atoms with Gasteiger partial charge in [0.05, 0.1) is 16.4 Å². The van der Waals surface area contributed by atoms with E-state index < -0.39 is 23.6 Å². The number of nitrogens with one attached hydrogen (secondary N) is 1. The summed E-state index contributed by atoms with van der Waals surface area (Å²) < 4.78 is 24.7. The number of esters is 1. The number of carbonyl (C=O) groups is 3. The molecule has 0 spiro atoms. The first-order chi connectivity index (χ1) is 14.3. The maximum atomic E-state index is 14.2. The minimum Gasteiger partial charge on any atom is -0.481 e. The van der Waals surface area contributed by atoms with Gasteiger partial charge >= 0.3 is 5.97 Å². The zero-order valence-corrected chi connectivity index (χ0v) is 18.5. The molecule has 2 amide bonds. The zero-order valence-electron chi connectivity index (χ0n) is 15.5. The van der Waals surface area contributed by atoms with Crippen LogP contribution in [-0.4, -0.2) is 36.6 Å². The van der Waals surface area contributed by atoms with Crippen LogP contribution in [0.5, 0.6) is 5.75 Å². The van der Waals surface area contributed by atoms with Crippen molar-refractivity contribution in [2.24, 2.45) is 0 Å². The molecule has 1 heterocycles. The van der Waals surface area contributed by atoms with Crippen molar-refractivity contribution in [3.05, 3.63) is 63.0 Å². The Morgan fingerprint density at radius 3 is 2.67 bits per heavy atom. The largest absolute Gasteiger partial charge is 0.481 e. The average molecular weight is 540 g/mol. The number of ether oxygens (including phenoxy) is 2. The van der Waals surface area contributed by atoms with Gasteiger partial charge in [-0.1, -0.05) is 18.2 Å². The summed E-state index contributed by atoms with van der Waals surface area (Å²) in [7, 11) is 1.26. The van der Waals surface area contributed by atoms with Crippen molar-refractivity contribution in [2.45, 2.75) is 0 Å². The van der Waals surface area contributed by atoms with Crippen molar-refractivity contribution in [3.8, 4) is 5.75 Å². The van der Waals surface area contributed by atoms with Crippen LogP contribution in [-0.2, 0) is 19.1 Å². The molecule has 10 heteroatoms. The van der Waals surface area contributed by atoms with Crippen LogP contribution in [0.1, 0.15) is 5.56 Å². The number of hydrogen-bond donors (Lipinski definition) is 1. The highest BCUT2D eigenvalue weighted by Gasteiger charge is 2.35. The molecule has 1 N–H and O–H groups in total. The molecule has 1 fully saturated rings. The normalized spacial score (nSPS) is 15.2. The van der Waals surface area contributed by atoms with Crippen LogP contribution in [0.2, 0.25) is 0 Å². The number of hydrogen-bond acceptors (Lipinski definition) is 6. The van der Waals surface area contributed by atoms with E-state index in [4.69, 9.17) is 17.0 Å². The lowest BCUT2D eigenvalue weighted by Crippen LogP contribution is -2.54. The monoisotopic (exact) mass is 540 g/mol. The van der Waals surface area contributed by atoms with E-state index in [0.29, 0.717) is 14.9 Å². The van der Waals surface area contributed by atoms with Gasteiger partial charge in [-0.15, -0.1) is 0 Å². The molecule has 2 aromatic carbocycles. The Labute approximate surface area is 190 Å². The molecular weight excluding hydrogens is 526 g/mol. The molecule has 0 unspecified atom stereocenters. The maximum Gasteiger partial charge on any atom is 0.343 e. The van der Waals surface area contributed by atoms with E-state index in [1.807, 2.05) is 22.6 Å². The van der Waals surface area contributed by atoms with E-state index in [1.54, 1.807) is 24.3 Å². The van der Waals surface area contributed by atoms with Gasteiger partial charge in [0.15, 0.2) is 11.7 Å². The number of thiocarbonyl (C=S) groups is 1. The van der Waals surface area contributed by atoms with Crippen molar-refractivity contribution in [3.63, 3.8) is 0 Å². The second kappa shape index (κ2) is 9.30. The minimum absolute atomic E-state index is 0.0560. The van der Waals surface area contributed by atoms with E-state index >= 15 is 0 Å². The Morgan fingerprint density at radius 1 is 1.27 bits per heavy atom. The number of halogens is 2. The molecule has 7 nitrogen and oxygen atoms in total. The third kappa shape index (κ3) is 4.65. The van der Waals surface area contributed by atoms with Gasteiger partial charge in [-0.3, -0.25) is 14.9 Å². The highest BCUT2D eigenvalue weighted by molar-refractivity contribution is 14.1. The summed E-state index contributed by atoms with van der Waals surface area (Å²) in [6.07, 6.45) is 1.37. The number of nitrogens with zero attached hydrogens (tertiary/aromatic N) is 1. The fraction of sp³-hybridized carbons (Fsp3) is 0.100. The Kier molecular flexibility index (Phi) is 6.77. The SMILES string of the molecule is COC(=O)COc1ccc(/C=C2\C(=O)NC(=S)N(c3ccccc3F)C2=O)cc1I. The van der Waals surface area contributed by atoms with Crippen LogP contribution in [0.15, 0.2) is 48.0 Å². The number of methoxy groups -OCH3 is 1. The van der Waals surface area contributed by atoms with E-state index in [1.165, 1.54) is 31.4 Å². The van der Waals surface area contributed by atoms with Crippen molar-refractivity contribution >= 4 is 69.5 Å². The maximum absolute atomic E-state index is 14.2. The molecule has 30 heavy (non-hydrogen) atoms. The second-order valence-electron chi connectivity index (χ2n) is 5.96. The summed E-state index contributed by atoms with van der Waals surface area (Å²) in [6.45, 7) is -0.247. The molecule has 0 aliphatic carbocycles. The van der Waals surface area contributed by atoms with Crippen LogP contribution in [0, 0.1) is 9.39 Å². The minimum atomic E-state index is -0.741. The van der Waals surface area contributed by atoms with Gasteiger partial charge in [-0.25, -0.2) is 14.1 Å². The molecule has 2 aromatic rings. The summed E-state index contributed by atoms with van der Waals surface area (Å²) in [6, 6.07) is 10.5. The van der Waals surface area contributed by atoms with Gasteiger partial charge in [0.2, 0.25) is 0 Å². The average Bonchev–Trinajstić information content (AvgIpc) is 2.71. The number of rotatable bonds is 5. The van der Waals surface area contributed by atoms with Crippen molar-refractivity contribution in [1.29, 1.82) is 0 Å². The smallest absolute Gasteiger partial charge is 0.343 e. The van der Waals surface area contributed by atoms with Gasteiger partial charge in [0, 0.05) is 0 Å². The Bertz CT molecular complexity index is 1090. The van der Waals surface area contributed by atoms with Gasteiger partial charge in [0.25, 0.3) is 11.8 Å². The fourth-order valence-corrected chi connectivity index (χ4v) is 3.56. The van der Waals surface area contributed by atoms with Crippen LogP contribution >= 0.6 is 34.8 Å². The quantitative estimate of drug-likeness (QED) is 0.207. The standard InChI is InChI=1S/C20H14FIN2O5S/c1-28-17(25)10-29-16-7-6-11(9-14(16)22)8-12-18(26)23-20(30)24(19(12)27)15-5-3-2-4-13(15)21/h2-9H,10H2,1H3,(H,23,26,30)/b12-8+. The Hall–Kier alpha value is -2.86. The van der Waals surface area contributed by atoms with Crippen LogP contribution in [0.25, 0.3) is 6.08 Å². The number of carbonyl (C=O) groups excluding carboxylic acids is 3. The highest BCUT2D eigenvalue weighted by atomic mass is 127. The van der Waals surface area contributed by atoms with Gasteiger partial charge in [-0.05, 0) is 70.7 Å². The molecule has 0 radical (unpaired) electrons. The zero-order chi connectivity index (χ0) is 21.8. The van der Waals surface area contributed by atoms with Crippen molar-refractivity contribution in [2.75, 3.05) is 18.6 Å². The van der Waals surface area contributed by atoms with Gasteiger partial charge in [0.1, 0.15) is 17.1 Å². The van der Waals surface area contributed by atoms with Gasteiger partial charge < -0.3 is 9.47 Å². The number of anilines is 1. The molecule has 0 saturated carbocycles. The number of benzene rings is 2. The summed E-state index contributed by atoms with van der Waals surface area (Å²) in [5.41, 5.74) is 0.273. The molecular formula is C20H14FIN2O5S. The first kappa shape index (κ1) is 21.8. The topological polar surface area (TPSA) is 84.9 Å². The molecule has 1 aliphatic heterocycles.